The lowest BCUT2D eigenvalue weighted by atomic mass is 9.98. The number of likely N-dealkylation sites (N-methyl/N-ethyl adjacent to an activating group) is 1. The van der Waals surface area contributed by atoms with Crippen LogP contribution in [-0.4, -0.2) is 14.2 Å². The van der Waals surface area contributed by atoms with Crippen LogP contribution in [0.15, 0.2) is 42.5 Å². The van der Waals surface area contributed by atoms with Gasteiger partial charge in [-0.15, -0.1) is 0 Å². The van der Waals surface area contributed by atoms with Crippen LogP contribution in [0.1, 0.15) is 17.2 Å². The van der Waals surface area contributed by atoms with Crippen molar-refractivity contribution in [2.24, 2.45) is 0 Å². The third kappa shape index (κ3) is 3.50. The van der Waals surface area contributed by atoms with Crippen LogP contribution in [0.5, 0.6) is 5.75 Å². The molecule has 106 valence electrons. The van der Waals surface area contributed by atoms with Gasteiger partial charge in [-0.25, -0.2) is 4.39 Å². The zero-order chi connectivity index (χ0) is 14.5. The molecule has 0 aliphatic rings. The topological polar surface area (TPSA) is 21.3 Å². The maximum atomic E-state index is 13.5. The summed E-state index contributed by atoms with van der Waals surface area (Å²) in [6, 6.07) is 12.2. The van der Waals surface area contributed by atoms with Gasteiger partial charge in [-0.05, 0) is 49.4 Å². The Labute approximate surface area is 123 Å². The number of benzene rings is 2. The average Bonchev–Trinajstić information content (AvgIpc) is 2.45. The Morgan fingerprint density at radius 3 is 2.70 bits per heavy atom. The maximum Gasteiger partial charge on any atom is 0.123 e. The molecule has 20 heavy (non-hydrogen) atoms. The van der Waals surface area contributed by atoms with Crippen LogP contribution < -0.4 is 10.1 Å². The molecule has 0 amide bonds. The standard InChI is InChI=1S/C16H17ClFNO/c1-19-15(9-11-4-3-5-12(17)8-11)14-10-13(18)6-7-16(14)20-2/h3-8,10,15,19H,9H2,1-2H3. The molecule has 0 radical (unpaired) electrons. The third-order valence-corrected chi connectivity index (χ3v) is 3.48. The lowest BCUT2D eigenvalue weighted by Crippen LogP contribution is -2.19. The molecule has 0 aromatic heterocycles. The minimum absolute atomic E-state index is 0.0425. The molecule has 0 fully saturated rings. The van der Waals surface area contributed by atoms with E-state index in [-0.39, 0.29) is 11.9 Å². The Morgan fingerprint density at radius 2 is 2.05 bits per heavy atom. The van der Waals surface area contributed by atoms with Crippen molar-refractivity contribution in [3.8, 4) is 5.75 Å². The second-order valence-corrected chi connectivity index (χ2v) is 5.00. The van der Waals surface area contributed by atoms with Crippen LogP contribution in [0.2, 0.25) is 5.02 Å². The minimum Gasteiger partial charge on any atom is -0.496 e. The van der Waals surface area contributed by atoms with Crippen molar-refractivity contribution in [1.82, 2.24) is 5.32 Å². The fourth-order valence-electron chi connectivity index (χ4n) is 2.24. The summed E-state index contributed by atoms with van der Waals surface area (Å²) < 4.78 is 18.8. The number of ether oxygens (including phenoxy) is 1. The van der Waals surface area contributed by atoms with E-state index in [1.54, 1.807) is 13.2 Å². The lowest BCUT2D eigenvalue weighted by Gasteiger charge is -2.19. The quantitative estimate of drug-likeness (QED) is 0.900. The molecule has 0 aliphatic heterocycles. The summed E-state index contributed by atoms with van der Waals surface area (Å²) >= 11 is 6.00. The Balaban J connectivity index is 2.30. The average molecular weight is 294 g/mol. The van der Waals surface area contributed by atoms with Gasteiger partial charge in [0.15, 0.2) is 0 Å². The van der Waals surface area contributed by atoms with E-state index in [1.807, 2.05) is 31.3 Å². The van der Waals surface area contributed by atoms with Crippen LogP contribution in [0.4, 0.5) is 4.39 Å². The molecule has 4 heteroatoms. The number of hydrogen-bond donors (Lipinski definition) is 1. The van der Waals surface area contributed by atoms with Gasteiger partial charge in [0.2, 0.25) is 0 Å². The second-order valence-electron chi connectivity index (χ2n) is 4.56. The summed E-state index contributed by atoms with van der Waals surface area (Å²) in [4.78, 5) is 0. The number of nitrogens with one attached hydrogen (secondary N) is 1. The molecule has 0 saturated carbocycles. The first-order valence-electron chi connectivity index (χ1n) is 6.39. The first kappa shape index (κ1) is 14.8. The van der Waals surface area contributed by atoms with E-state index >= 15 is 0 Å². The summed E-state index contributed by atoms with van der Waals surface area (Å²) in [5.74, 6) is 0.403. The Kier molecular flexibility index (Phi) is 4.99. The largest absolute Gasteiger partial charge is 0.496 e. The van der Waals surface area contributed by atoms with Crippen LogP contribution in [-0.2, 0) is 6.42 Å². The number of rotatable bonds is 5. The zero-order valence-corrected chi connectivity index (χ0v) is 12.2. The predicted molar refractivity (Wildman–Crippen MR) is 79.9 cm³/mol. The highest BCUT2D eigenvalue weighted by Crippen LogP contribution is 2.28. The van der Waals surface area contributed by atoms with Gasteiger partial charge in [0, 0.05) is 16.6 Å². The summed E-state index contributed by atoms with van der Waals surface area (Å²) in [6.07, 6.45) is 0.705. The molecule has 1 N–H and O–H groups in total. The van der Waals surface area contributed by atoms with Gasteiger partial charge < -0.3 is 10.1 Å². The Hall–Kier alpha value is -1.58. The summed E-state index contributed by atoms with van der Waals surface area (Å²) in [7, 11) is 3.43. The predicted octanol–water partition coefficient (Wildman–Crippen LogP) is 3.99. The molecule has 1 unspecified atom stereocenters. The van der Waals surface area contributed by atoms with Gasteiger partial charge in [-0.3, -0.25) is 0 Å². The smallest absolute Gasteiger partial charge is 0.123 e. The fourth-order valence-corrected chi connectivity index (χ4v) is 2.46. The monoisotopic (exact) mass is 293 g/mol. The van der Waals surface area contributed by atoms with Crippen molar-refractivity contribution in [2.45, 2.75) is 12.5 Å². The van der Waals surface area contributed by atoms with Crippen molar-refractivity contribution in [3.63, 3.8) is 0 Å². The SMILES string of the molecule is CNC(Cc1cccc(Cl)c1)c1cc(F)ccc1OC. The number of hydrogen-bond acceptors (Lipinski definition) is 2. The first-order valence-corrected chi connectivity index (χ1v) is 6.77. The molecular weight excluding hydrogens is 277 g/mol. The molecule has 0 heterocycles. The van der Waals surface area contributed by atoms with E-state index in [0.29, 0.717) is 17.2 Å². The molecule has 2 aromatic rings. The Morgan fingerprint density at radius 1 is 1.25 bits per heavy atom. The van der Waals surface area contributed by atoms with Crippen LogP contribution in [0.3, 0.4) is 0 Å². The molecule has 1 atom stereocenters. The van der Waals surface area contributed by atoms with Crippen molar-refractivity contribution in [3.05, 3.63) is 64.4 Å². The Bertz CT molecular complexity index is 588. The van der Waals surface area contributed by atoms with Gasteiger partial charge in [-0.1, -0.05) is 23.7 Å². The van der Waals surface area contributed by atoms with E-state index in [9.17, 15) is 4.39 Å². The lowest BCUT2D eigenvalue weighted by molar-refractivity contribution is 0.399. The minimum atomic E-state index is -0.271. The summed E-state index contributed by atoms with van der Waals surface area (Å²) in [5.41, 5.74) is 1.89. The van der Waals surface area contributed by atoms with Crippen LogP contribution in [0.25, 0.3) is 0 Å². The first-order chi connectivity index (χ1) is 9.63. The van der Waals surface area contributed by atoms with Crippen molar-refractivity contribution in [1.29, 1.82) is 0 Å². The van der Waals surface area contributed by atoms with Crippen LogP contribution in [0, 0.1) is 5.82 Å². The molecule has 0 bridgehead atoms. The van der Waals surface area contributed by atoms with Gasteiger partial charge in [0.1, 0.15) is 11.6 Å². The van der Waals surface area contributed by atoms with E-state index in [2.05, 4.69) is 5.32 Å². The normalized spacial score (nSPS) is 12.2. The highest BCUT2D eigenvalue weighted by Gasteiger charge is 2.16. The van der Waals surface area contributed by atoms with E-state index in [4.69, 9.17) is 16.3 Å². The summed E-state index contributed by atoms with van der Waals surface area (Å²) in [6.45, 7) is 0. The fraction of sp³-hybridized carbons (Fsp3) is 0.250. The third-order valence-electron chi connectivity index (χ3n) is 3.24. The molecule has 0 aliphatic carbocycles. The van der Waals surface area contributed by atoms with Gasteiger partial charge in [0.05, 0.1) is 7.11 Å². The van der Waals surface area contributed by atoms with Gasteiger partial charge in [-0.2, -0.15) is 0 Å². The van der Waals surface area contributed by atoms with Crippen LogP contribution >= 0.6 is 11.6 Å². The molecular formula is C16H17ClFNO. The molecule has 0 spiro atoms. The highest BCUT2D eigenvalue weighted by atomic mass is 35.5. The van der Waals surface area contributed by atoms with Gasteiger partial charge >= 0.3 is 0 Å². The molecule has 0 saturated heterocycles. The molecule has 2 rings (SSSR count). The van der Waals surface area contributed by atoms with Crippen molar-refractivity contribution >= 4 is 11.6 Å². The van der Waals surface area contributed by atoms with E-state index in [0.717, 1.165) is 11.1 Å². The molecule has 2 aromatic carbocycles. The maximum absolute atomic E-state index is 13.5. The highest BCUT2D eigenvalue weighted by molar-refractivity contribution is 6.30. The van der Waals surface area contributed by atoms with Crippen molar-refractivity contribution < 1.29 is 9.13 Å². The second kappa shape index (κ2) is 6.73. The van der Waals surface area contributed by atoms with Crippen molar-refractivity contribution in [2.75, 3.05) is 14.2 Å². The summed E-state index contributed by atoms with van der Waals surface area (Å²) in [5, 5.41) is 3.90. The molecule has 2 nitrogen and oxygen atoms in total. The zero-order valence-electron chi connectivity index (χ0n) is 11.5. The number of halogens is 2. The van der Waals surface area contributed by atoms with E-state index < -0.39 is 0 Å². The van der Waals surface area contributed by atoms with Gasteiger partial charge in [0.25, 0.3) is 0 Å². The number of methoxy groups -OCH3 is 1. The van der Waals surface area contributed by atoms with E-state index in [1.165, 1.54) is 12.1 Å².